The minimum atomic E-state index is -0.497. The zero-order chi connectivity index (χ0) is 14.5. The Morgan fingerprint density at radius 2 is 1.90 bits per heavy atom. The van der Waals surface area contributed by atoms with E-state index >= 15 is 0 Å². The molecule has 1 saturated heterocycles. The summed E-state index contributed by atoms with van der Waals surface area (Å²) in [5.74, 6) is 0.145. The zero-order valence-corrected chi connectivity index (χ0v) is 11.5. The lowest BCUT2D eigenvalue weighted by Gasteiger charge is -2.21. The number of nitro groups is 1. The van der Waals surface area contributed by atoms with Gasteiger partial charge in [0.15, 0.2) is 0 Å². The smallest absolute Gasteiger partial charge is 0.273 e. The fourth-order valence-electron chi connectivity index (χ4n) is 2.41. The standard InChI is InChI=1S/C14H18N2O4/c1-20-13-10-11(16(18)19)6-7-12(13)14(17)15-8-4-2-3-5-9-15/h6-7,10H,2-5,8-9H2,1H3. The molecule has 1 aliphatic rings. The van der Waals surface area contributed by atoms with E-state index in [0.29, 0.717) is 5.56 Å². The van der Waals surface area contributed by atoms with Crippen molar-refractivity contribution in [3.8, 4) is 5.75 Å². The van der Waals surface area contributed by atoms with E-state index < -0.39 is 4.92 Å². The van der Waals surface area contributed by atoms with E-state index in [1.165, 1.54) is 25.3 Å². The molecule has 0 N–H and O–H groups in total. The molecule has 0 radical (unpaired) electrons. The van der Waals surface area contributed by atoms with Gasteiger partial charge in [-0.25, -0.2) is 0 Å². The van der Waals surface area contributed by atoms with E-state index in [4.69, 9.17) is 4.74 Å². The average molecular weight is 278 g/mol. The quantitative estimate of drug-likeness (QED) is 0.629. The lowest BCUT2D eigenvalue weighted by atomic mass is 10.1. The predicted molar refractivity (Wildman–Crippen MR) is 74.0 cm³/mol. The zero-order valence-electron chi connectivity index (χ0n) is 11.5. The minimum Gasteiger partial charge on any atom is -0.496 e. The number of carbonyl (C=O) groups is 1. The number of rotatable bonds is 3. The van der Waals surface area contributed by atoms with Crippen LogP contribution in [0.25, 0.3) is 0 Å². The molecule has 0 bridgehead atoms. The molecule has 6 nitrogen and oxygen atoms in total. The summed E-state index contributed by atoms with van der Waals surface area (Å²) >= 11 is 0. The van der Waals surface area contributed by atoms with E-state index in [1.807, 2.05) is 0 Å². The van der Waals surface area contributed by atoms with Crippen LogP contribution in [0, 0.1) is 10.1 Å². The summed E-state index contributed by atoms with van der Waals surface area (Å²) in [6.07, 6.45) is 4.28. The highest BCUT2D eigenvalue weighted by Crippen LogP contribution is 2.26. The third-order valence-electron chi connectivity index (χ3n) is 3.52. The van der Waals surface area contributed by atoms with Crippen molar-refractivity contribution in [1.82, 2.24) is 4.90 Å². The van der Waals surface area contributed by atoms with Gasteiger partial charge >= 0.3 is 0 Å². The number of benzene rings is 1. The monoisotopic (exact) mass is 278 g/mol. The van der Waals surface area contributed by atoms with Crippen LogP contribution in [-0.4, -0.2) is 35.9 Å². The van der Waals surface area contributed by atoms with Gasteiger partial charge in [-0.1, -0.05) is 12.8 Å². The lowest BCUT2D eigenvalue weighted by Crippen LogP contribution is -2.32. The second-order valence-corrected chi connectivity index (χ2v) is 4.85. The van der Waals surface area contributed by atoms with Gasteiger partial charge < -0.3 is 9.64 Å². The van der Waals surface area contributed by atoms with E-state index in [9.17, 15) is 14.9 Å². The summed E-state index contributed by atoms with van der Waals surface area (Å²) in [4.78, 5) is 24.5. The van der Waals surface area contributed by atoms with E-state index in [0.717, 1.165) is 38.8 Å². The van der Waals surface area contributed by atoms with E-state index in [1.54, 1.807) is 4.90 Å². The molecule has 0 spiro atoms. The average Bonchev–Trinajstić information content (AvgIpc) is 2.74. The summed E-state index contributed by atoms with van der Waals surface area (Å²) in [5, 5.41) is 10.8. The second kappa shape index (κ2) is 6.36. The first-order valence-electron chi connectivity index (χ1n) is 6.75. The van der Waals surface area contributed by atoms with Crippen LogP contribution in [0.1, 0.15) is 36.0 Å². The van der Waals surface area contributed by atoms with Crippen LogP contribution < -0.4 is 4.74 Å². The number of methoxy groups -OCH3 is 1. The minimum absolute atomic E-state index is 0.0748. The van der Waals surface area contributed by atoms with Crippen molar-refractivity contribution in [2.45, 2.75) is 25.7 Å². The summed E-state index contributed by atoms with van der Waals surface area (Å²) in [6, 6.07) is 4.11. The van der Waals surface area contributed by atoms with Gasteiger partial charge in [0.05, 0.1) is 23.7 Å². The molecule has 108 valence electrons. The highest BCUT2D eigenvalue weighted by atomic mass is 16.6. The molecule has 1 aromatic carbocycles. The number of hydrogen-bond donors (Lipinski definition) is 0. The van der Waals surface area contributed by atoms with E-state index in [-0.39, 0.29) is 17.3 Å². The highest BCUT2D eigenvalue weighted by molar-refractivity contribution is 5.97. The highest BCUT2D eigenvalue weighted by Gasteiger charge is 2.22. The molecule has 1 aliphatic heterocycles. The Balaban J connectivity index is 2.26. The van der Waals surface area contributed by atoms with Crippen molar-refractivity contribution >= 4 is 11.6 Å². The summed E-state index contributed by atoms with van der Waals surface area (Å²) in [5.41, 5.74) is 0.314. The Kier molecular flexibility index (Phi) is 4.55. The Labute approximate surface area is 117 Å². The first kappa shape index (κ1) is 14.3. The molecule has 20 heavy (non-hydrogen) atoms. The summed E-state index contributed by atoms with van der Waals surface area (Å²) in [7, 11) is 1.41. The van der Waals surface area contributed by atoms with Gasteiger partial charge in [-0.05, 0) is 18.9 Å². The molecule has 0 aliphatic carbocycles. The first-order valence-corrected chi connectivity index (χ1v) is 6.75. The van der Waals surface area contributed by atoms with Crippen LogP contribution in [0.3, 0.4) is 0 Å². The molecule has 0 saturated carbocycles. The number of non-ortho nitro benzene ring substituents is 1. The molecule has 1 heterocycles. The Bertz CT molecular complexity index is 508. The maximum absolute atomic E-state index is 12.5. The van der Waals surface area contributed by atoms with Crippen LogP contribution >= 0.6 is 0 Å². The van der Waals surface area contributed by atoms with Crippen molar-refractivity contribution in [1.29, 1.82) is 0 Å². The lowest BCUT2D eigenvalue weighted by molar-refractivity contribution is -0.384. The number of nitrogens with zero attached hydrogens (tertiary/aromatic N) is 2. The molecule has 0 unspecified atom stereocenters. The van der Waals surface area contributed by atoms with Crippen LogP contribution in [0.5, 0.6) is 5.75 Å². The first-order chi connectivity index (χ1) is 9.63. The number of ether oxygens (including phenoxy) is 1. The van der Waals surface area contributed by atoms with Gasteiger partial charge in [0.2, 0.25) is 0 Å². The Morgan fingerprint density at radius 3 is 2.45 bits per heavy atom. The van der Waals surface area contributed by atoms with Gasteiger partial charge in [0, 0.05) is 19.2 Å². The maximum atomic E-state index is 12.5. The number of carbonyl (C=O) groups excluding carboxylic acids is 1. The van der Waals surface area contributed by atoms with Gasteiger partial charge in [-0.3, -0.25) is 14.9 Å². The summed E-state index contributed by atoms with van der Waals surface area (Å²) < 4.78 is 5.13. The van der Waals surface area contributed by atoms with Crippen LogP contribution in [0.15, 0.2) is 18.2 Å². The van der Waals surface area contributed by atoms with Crippen LogP contribution in [-0.2, 0) is 0 Å². The normalized spacial score (nSPS) is 15.6. The molecular formula is C14H18N2O4. The Morgan fingerprint density at radius 1 is 1.25 bits per heavy atom. The molecule has 1 fully saturated rings. The van der Waals surface area contributed by atoms with E-state index in [2.05, 4.69) is 0 Å². The topological polar surface area (TPSA) is 72.7 Å². The number of nitro benzene ring substituents is 1. The third-order valence-corrected chi connectivity index (χ3v) is 3.52. The van der Waals surface area contributed by atoms with Crippen molar-refractivity contribution < 1.29 is 14.5 Å². The van der Waals surface area contributed by atoms with Gasteiger partial charge in [0.25, 0.3) is 11.6 Å². The second-order valence-electron chi connectivity index (χ2n) is 4.85. The fraction of sp³-hybridized carbons (Fsp3) is 0.500. The van der Waals surface area contributed by atoms with Gasteiger partial charge in [-0.2, -0.15) is 0 Å². The fourth-order valence-corrected chi connectivity index (χ4v) is 2.41. The largest absolute Gasteiger partial charge is 0.496 e. The van der Waals surface area contributed by atoms with Gasteiger partial charge in [-0.15, -0.1) is 0 Å². The molecular weight excluding hydrogens is 260 g/mol. The molecule has 2 rings (SSSR count). The SMILES string of the molecule is COc1cc([N+](=O)[O-])ccc1C(=O)N1CCCCCC1. The predicted octanol–water partition coefficient (Wildman–Crippen LogP) is 2.62. The molecule has 1 amide bonds. The van der Waals surface area contributed by atoms with Crippen LogP contribution in [0.4, 0.5) is 5.69 Å². The maximum Gasteiger partial charge on any atom is 0.273 e. The summed E-state index contributed by atoms with van der Waals surface area (Å²) in [6.45, 7) is 1.47. The Hall–Kier alpha value is -2.11. The third kappa shape index (κ3) is 3.07. The number of amides is 1. The van der Waals surface area contributed by atoms with Crippen molar-refractivity contribution in [2.24, 2.45) is 0 Å². The van der Waals surface area contributed by atoms with Crippen molar-refractivity contribution in [3.05, 3.63) is 33.9 Å². The molecule has 1 aromatic rings. The molecule has 0 aromatic heterocycles. The number of likely N-dealkylation sites (tertiary alicyclic amines) is 1. The van der Waals surface area contributed by atoms with Crippen LogP contribution in [0.2, 0.25) is 0 Å². The van der Waals surface area contributed by atoms with Crippen molar-refractivity contribution in [2.75, 3.05) is 20.2 Å². The number of hydrogen-bond acceptors (Lipinski definition) is 4. The molecule has 0 atom stereocenters. The van der Waals surface area contributed by atoms with Crippen molar-refractivity contribution in [3.63, 3.8) is 0 Å². The molecule has 6 heteroatoms. The van der Waals surface area contributed by atoms with Gasteiger partial charge in [0.1, 0.15) is 5.75 Å².